The van der Waals surface area contributed by atoms with Crippen molar-refractivity contribution in [2.75, 3.05) is 0 Å². The highest BCUT2D eigenvalue weighted by Crippen LogP contribution is 2.14. The minimum Gasteiger partial charge on any atom is -0.294 e. The topological polar surface area (TPSA) is 17.1 Å². The fourth-order valence-corrected chi connectivity index (χ4v) is 2.23. The summed E-state index contributed by atoms with van der Waals surface area (Å²) in [5.74, 6) is 0.117. The number of hydrogen-bond donors (Lipinski definition) is 0. The number of thiocarbonyl (C=S) groups is 1. The molecule has 0 aliphatic heterocycles. The van der Waals surface area contributed by atoms with E-state index in [2.05, 4.69) is 0 Å². The van der Waals surface area contributed by atoms with Gasteiger partial charge in [-0.05, 0) is 29.7 Å². The molecule has 1 nitrogen and oxygen atoms in total. The first kappa shape index (κ1) is 13.9. The fourth-order valence-electron chi connectivity index (χ4n) is 1.90. The molecule has 3 heteroatoms. The lowest BCUT2D eigenvalue weighted by molar-refractivity contribution is 0.0983. The smallest absolute Gasteiger partial charge is 0.163 e. The van der Waals surface area contributed by atoms with Crippen LogP contribution in [0.5, 0.6) is 0 Å². The Hall–Kier alpha value is -1.51. The first-order valence-corrected chi connectivity index (χ1v) is 6.87. The van der Waals surface area contributed by atoms with E-state index in [9.17, 15) is 4.79 Å². The van der Waals surface area contributed by atoms with E-state index < -0.39 is 0 Å². The van der Waals surface area contributed by atoms with Crippen LogP contribution in [0.25, 0.3) is 0 Å². The van der Waals surface area contributed by atoms with Crippen LogP contribution in [-0.4, -0.2) is 11.2 Å². The quantitative estimate of drug-likeness (QED) is 0.595. The normalized spacial score (nSPS) is 10.2. The molecule has 0 radical (unpaired) electrons. The third-order valence-electron chi connectivity index (χ3n) is 2.94. The molecule has 0 atom stereocenters. The summed E-state index contributed by atoms with van der Waals surface area (Å²) in [6.45, 7) is 0. The van der Waals surface area contributed by atoms with Gasteiger partial charge in [0.1, 0.15) is 0 Å². The van der Waals surface area contributed by atoms with E-state index in [0.29, 0.717) is 23.4 Å². The van der Waals surface area contributed by atoms with Gasteiger partial charge in [-0.3, -0.25) is 4.79 Å². The van der Waals surface area contributed by atoms with Crippen molar-refractivity contribution in [2.24, 2.45) is 0 Å². The first-order chi connectivity index (χ1) is 9.20. The molecule has 0 saturated carbocycles. The number of benzene rings is 2. The van der Waals surface area contributed by atoms with Crippen LogP contribution in [0.1, 0.15) is 27.9 Å². The largest absolute Gasteiger partial charge is 0.294 e. The maximum absolute atomic E-state index is 12.2. The molecule has 0 aliphatic rings. The van der Waals surface area contributed by atoms with E-state index >= 15 is 0 Å². The number of aryl methyl sites for hydroxylation is 1. The SMILES string of the molecule is O=C(CCc1ccc(Cl)cc1)c1ccccc1C=S. The van der Waals surface area contributed by atoms with E-state index in [4.69, 9.17) is 23.8 Å². The summed E-state index contributed by atoms with van der Waals surface area (Å²) >= 11 is 10.8. The molecule has 19 heavy (non-hydrogen) atoms. The average Bonchev–Trinajstić information content (AvgIpc) is 2.46. The molecule has 0 fully saturated rings. The van der Waals surface area contributed by atoms with Crippen LogP contribution in [0, 0.1) is 0 Å². The Labute approximate surface area is 123 Å². The van der Waals surface area contributed by atoms with Crippen LogP contribution in [0.4, 0.5) is 0 Å². The molecule has 0 amide bonds. The van der Waals surface area contributed by atoms with Gasteiger partial charge in [0.05, 0.1) is 0 Å². The molecule has 0 unspecified atom stereocenters. The Morgan fingerprint density at radius 3 is 2.47 bits per heavy atom. The van der Waals surface area contributed by atoms with Crippen LogP contribution in [0.15, 0.2) is 48.5 Å². The van der Waals surface area contributed by atoms with Gasteiger partial charge in [-0.2, -0.15) is 0 Å². The van der Waals surface area contributed by atoms with E-state index in [1.54, 1.807) is 5.37 Å². The van der Waals surface area contributed by atoms with Gasteiger partial charge < -0.3 is 0 Å². The fraction of sp³-hybridized carbons (Fsp3) is 0.125. The Bertz CT molecular complexity index is 590. The number of ketones is 1. The van der Waals surface area contributed by atoms with Gasteiger partial charge in [0.15, 0.2) is 5.78 Å². The average molecular weight is 289 g/mol. The Morgan fingerprint density at radius 1 is 1.11 bits per heavy atom. The highest BCUT2D eigenvalue weighted by Gasteiger charge is 2.09. The lowest BCUT2D eigenvalue weighted by atomic mass is 9.99. The highest BCUT2D eigenvalue weighted by molar-refractivity contribution is 7.79. The first-order valence-electron chi connectivity index (χ1n) is 6.02. The number of hydrogen-bond acceptors (Lipinski definition) is 2. The second-order valence-electron chi connectivity index (χ2n) is 4.25. The van der Waals surface area contributed by atoms with E-state index in [1.807, 2.05) is 48.5 Å². The maximum atomic E-state index is 12.2. The number of halogens is 1. The van der Waals surface area contributed by atoms with Crippen molar-refractivity contribution in [1.82, 2.24) is 0 Å². The Morgan fingerprint density at radius 2 is 1.79 bits per heavy atom. The van der Waals surface area contributed by atoms with Crippen LogP contribution < -0.4 is 0 Å². The molecule has 2 rings (SSSR count). The number of carbonyl (C=O) groups excluding carboxylic acids is 1. The van der Waals surface area contributed by atoms with E-state index in [0.717, 1.165) is 11.1 Å². The third-order valence-corrected chi connectivity index (χ3v) is 3.45. The number of Topliss-reactive ketones (excluding diaryl/α,β-unsaturated/α-hetero) is 1. The van der Waals surface area contributed by atoms with Crippen LogP contribution >= 0.6 is 23.8 Å². The van der Waals surface area contributed by atoms with Crippen LogP contribution in [-0.2, 0) is 6.42 Å². The summed E-state index contributed by atoms with van der Waals surface area (Å²) in [5.41, 5.74) is 2.63. The summed E-state index contributed by atoms with van der Waals surface area (Å²) in [6, 6.07) is 15.0. The van der Waals surface area contributed by atoms with Crippen molar-refractivity contribution >= 4 is 35.0 Å². The van der Waals surface area contributed by atoms with Gasteiger partial charge >= 0.3 is 0 Å². The predicted molar refractivity (Wildman–Crippen MR) is 83.3 cm³/mol. The second-order valence-corrected chi connectivity index (χ2v) is 4.93. The summed E-state index contributed by atoms with van der Waals surface area (Å²) in [4.78, 5) is 12.2. The van der Waals surface area contributed by atoms with Gasteiger partial charge in [-0.15, -0.1) is 0 Å². The summed E-state index contributed by atoms with van der Waals surface area (Å²) in [6.07, 6.45) is 1.18. The second kappa shape index (κ2) is 6.60. The Kier molecular flexibility index (Phi) is 4.83. The number of carbonyl (C=O) groups is 1. The zero-order chi connectivity index (χ0) is 13.7. The minimum atomic E-state index is 0.117. The van der Waals surface area contributed by atoms with Crippen LogP contribution in [0.2, 0.25) is 5.02 Å². The van der Waals surface area contributed by atoms with Crippen molar-refractivity contribution in [3.8, 4) is 0 Å². The molecule has 0 saturated heterocycles. The molecule has 0 aromatic heterocycles. The molecule has 0 heterocycles. The lowest BCUT2D eigenvalue weighted by Gasteiger charge is -2.05. The van der Waals surface area contributed by atoms with Crippen molar-refractivity contribution in [3.63, 3.8) is 0 Å². The summed E-state index contributed by atoms with van der Waals surface area (Å²) in [5, 5.41) is 2.26. The van der Waals surface area contributed by atoms with Crippen molar-refractivity contribution in [3.05, 3.63) is 70.2 Å². The number of rotatable bonds is 5. The van der Waals surface area contributed by atoms with E-state index in [1.165, 1.54) is 0 Å². The molecule has 0 N–H and O–H groups in total. The van der Waals surface area contributed by atoms with Crippen LogP contribution in [0.3, 0.4) is 0 Å². The van der Waals surface area contributed by atoms with Gasteiger partial charge in [0, 0.05) is 22.4 Å². The van der Waals surface area contributed by atoms with Gasteiger partial charge in [0.25, 0.3) is 0 Å². The molecule has 0 aliphatic carbocycles. The zero-order valence-corrected chi connectivity index (χ0v) is 11.9. The Balaban J connectivity index is 2.05. The van der Waals surface area contributed by atoms with Gasteiger partial charge in [-0.25, -0.2) is 0 Å². The molecule has 2 aromatic rings. The molecule has 96 valence electrons. The van der Waals surface area contributed by atoms with Crippen molar-refractivity contribution < 1.29 is 4.79 Å². The van der Waals surface area contributed by atoms with Crippen molar-refractivity contribution in [2.45, 2.75) is 12.8 Å². The summed E-state index contributed by atoms with van der Waals surface area (Å²) < 4.78 is 0. The standard InChI is InChI=1S/C16H13ClOS/c17-14-8-5-12(6-9-14)7-10-16(18)15-4-2-1-3-13(15)11-19/h1-6,8-9,11H,7,10H2. The maximum Gasteiger partial charge on any atom is 0.163 e. The molecular weight excluding hydrogens is 276 g/mol. The molecular formula is C16H13ClOS. The van der Waals surface area contributed by atoms with Crippen molar-refractivity contribution in [1.29, 1.82) is 0 Å². The molecule has 0 spiro atoms. The van der Waals surface area contributed by atoms with Gasteiger partial charge in [0.2, 0.25) is 0 Å². The monoisotopic (exact) mass is 288 g/mol. The molecule has 2 aromatic carbocycles. The minimum absolute atomic E-state index is 0.117. The van der Waals surface area contributed by atoms with E-state index in [-0.39, 0.29) is 5.78 Å². The highest BCUT2D eigenvalue weighted by atomic mass is 35.5. The molecule has 0 bridgehead atoms. The van der Waals surface area contributed by atoms with Gasteiger partial charge in [-0.1, -0.05) is 60.2 Å². The lowest BCUT2D eigenvalue weighted by Crippen LogP contribution is -2.04. The third kappa shape index (κ3) is 3.72. The predicted octanol–water partition coefficient (Wildman–Crippen LogP) is 4.50. The zero-order valence-electron chi connectivity index (χ0n) is 10.3. The summed E-state index contributed by atoms with van der Waals surface area (Å²) in [7, 11) is 0.